The molecule has 1 saturated heterocycles. The molecule has 0 bridgehead atoms. The third kappa shape index (κ3) is 3.69. The van der Waals surface area contributed by atoms with Gasteiger partial charge in [-0.3, -0.25) is 0 Å². The highest BCUT2D eigenvalue weighted by Gasteiger charge is 2.32. The number of aliphatic hydroxyl groups is 1. The maximum absolute atomic E-state index is 10.2. The summed E-state index contributed by atoms with van der Waals surface area (Å²) in [5.74, 6) is -0.0783. The fraction of sp³-hybridized carbons (Fsp3) is 0.500. The predicted molar refractivity (Wildman–Crippen MR) is 75.8 cm³/mol. The topological polar surface area (TPSA) is 100 Å². The quantitative estimate of drug-likeness (QED) is 0.259. The van der Waals surface area contributed by atoms with Gasteiger partial charge in [0, 0.05) is 26.1 Å². The van der Waals surface area contributed by atoms with Crippen LogP contribution in [-0.4, -0.2) is 48.1 Å². The van der Waals surface area contributed by atoms with E-state index < -0.39 is 5.60 Å². The van der Waals surface area contributed by atoms with Gasteiger partial charge in [-0.1, -0.05) is 35.5 Å². The van der Waals surface area contributed by atoms with E-state index in [1.807, 2.05) is 30.3 Å². The van der Waals surface area contributed by atoms with Crippen LogP contribution in [0.3, 0.4) is 0 Å². The Morgan fingerprint density at radius 1 is 1.45 bits per heavy atom. The summed E-state index contributed by atoms with van der Waals surface area (Å²) >= 11 is 0. The molecule has 0 aliphatic carbocycles. The molecule has 1 aliphatic rings. The molecule has 6 heteroatoms. The summed E-state index contributed by atoms with van der Waals surface area (Å²) in [4.78, 5) is 0. The van der Waals surface area contributed by atoms with E-state index in [2.05, 4.69) is 10.5 Å². The second-order valence-electron chi connectivity index (χ2n) is 5.15. The van der Waals surface area contributed by atoms with Crippen LogP contribution >= 0.6 is 0 Å². The molecule has 6 nitrogen and oxygen atoms in total. The van der Waals surface area contributed by atoms with Crippen molar-refractivity contribution in [3.63, 3.8) is 0 Å². The first-order valence-electron chi connectivity index (χ1n) is 6.68. The van der Waals surface area contributed by atoms with Gasteiger partial charge in [0.1, 0.15) is 11.4 Å². The third-order valence-corrected chi connectivity index (χ3v) is 3.56. The smallest absolute Gasteiger partial charge is 0.147 e. The van der Waals surface area contributed by atoms with Crippen LogP contribution in [-0.2, 0) is 4.74 Å². The van der Waals surface area contributed by atoms with Crippen LogP contribution in [0.2, 0.25) is 0 Å². The number of nitrogens with one attached hydrogen (secondary N) is 1. The Morgan fingerprint density at radius 2 is 2.20 bits per heavy atom. The molecule has 1 aromatic rings. The number of benzene rings is 1. The van der Waals surface area contributed by atoms with Gasteiger partial charge in [-0.25, -0.2) is 0 Å². The molecule has 1 fully saturated rings. The van der Waals surface area contributed by atoms with Crippen LogP contribution in [0.5, 0.6) is 0 Å². The van der Waals surface area contributed by atoms with E-state index in [1.54, 1.807) is 0 Å². The molecule has 2 rings (SSSR count). The lowest BCUT2D eigenvalue weighted by molar-refractivity contribution is 0.0272. The Hall–Kier alpha value is -1.63. The van der Waals surface area contributed by atoms with Crippen molar-refractivity contribution < 1.29 is 15.1 Å². The zero-order valence-corrected chi connectivity index (χ0v) is 11.3. The molecule has 1 heterocycles. The fourth-order valence-corrected chi connectivity index (χ4v) is 2.33. The van der Waals surface area contributed by atoms with Crippen molar-refractivity contribution in [1.29, 1.82) is 0 Å². The summed E-state index contributed by atoms with van der Waals surface area (Å²) in [7, 11) is 0. The Bertz CT molecular complexity index is 444. The maximum atomic E-state index is 10.2. The van der Waals surface area contributed by atoms with Crippen molar-refractivity contribution in [2.75, 3.05) is 26.3 Å². The monoisotopic (exact) mass is 279 g/mol. The Kier molecular flexibility index (Phi) is 4.94. The van der Waals surface area contributed by atoms with Crippen molar-refractivity contribution in [3.05, 3.63) is 35.9 Å². The van der Waals surface area contributed by atoms with E-state index in [1.165, 1.54) is 0 Å². The highest BCUT2D eigenvalue weighted by Crippen LogP contribution is 2.18. The lowest BCUT2D eigenvalue weighted by Gasteiger charge is -2.23. The van der Waals surface area contributed by atoms with E-state index in [9.17, 15) is 5.11 Å². The Morgan fingerprint density at radius 3 is 2.80 bits per heavy atom. The molecular formula is C14H21N3O3. The molecule has 1 aliphatic heterocycles. The van der Waals surface area contributed by atoms with Gasteiger partial charge in [0.2, 0.25) is 0 Å². The van der Waals surface area contributed by atoms with E-state index in [0.29, 0.717) is 32.7 Å². The zero-order valence-electron chi connectivity index (χ0n) is 11.3. The molecule has 0 aromatic heterocycles. The van der Waals surface area contributed by atoms with E-state index in [0.717, 1.165) is 5.56 Å². The second kappa shape index (κ2) is 6.69. The van der Waals surface area contributed by atoms with E-state index in [-0.39, 0.29) is 11.8 Å². The van der Waals surface area contributed by atoms with Gasteiger partial charge in [0.25, 0.3) is 0 Å². The van der Waals surface area contributed by atoms with Crippen molar-refractivity contribution >= 4 is 5.84 Å². The normalized spacial score (nSPS) is 24.8. The molecule has 2 unspecified atom stereocenters. The minimum atomic E-state index is -0.813. The van der Waals surface area contributed by atoms with Crippen LogP contribution < -0.4 is 11.1 Å². The minimum absolute atomic E-state index is 0.151. The number of amidine groups is 1. The van der Waals surface area contributed by atoms with Crippen molar-refractivity contribution in [3.8, 4) is 0 Å². The van der Waals surface area contributed by atoms with Crippen LogP contribution in [0, 0.1) is 0 Å². The summed E-state index contributed by atoms with van der Waals surface area (Å²) in [6.45, 7) is 1.84. The van der Waals surface area contributed by atoms with Crippen LogP contribution in [0.15, 0.2) is 35.5 Å². The van der Waals surface area contributed by atoms with E-state index in [4.69, 9.17) is 15.7 Å². The Labute approximate surface area is 118 Å². The predicted octanol–water partition coefficient (Wildman–Crippen LogP) is 0.258. The molecule has 0 radical (unpaired) electrons. The first-order chi connectivity index (χ1) is 9.64. The minimum Gasteiger partial charge on any atom is -0.409 e. The first-order valence-corrected chi connectivity index (χ1v) is 6.68. The molecule has 1 aromatic carbocycles. The van der Waals surface area contributed by atoms with Gasteiger partial charge in [-0.2, -0.15) is 0 Å². The molecule has 0 spiro atoms. The molecule has 5 N–H and O–H groups in total. The summed E-state index contributed by atoms with van der Waals surface area (Å²) in [5.41, 5.74) is 5.90. The lowest BCUT2D eigenvalue weighted by Crippen LogP contribution is -2.43. The number of nitrogens with two attached hydrogens (primary N) is 1. The van der Waals surface area contributed by atoms with Gasteiger partial charge in [0.15, 0.2) is 0 Å². The van der Waals surface area contributed by atoms with Crippen molar-refractivity contribution in [2.24, 2.45) is 10.9 Å². The molecule has 0 saturated carbocycles. The second-order valence-corrected chi connectivity index (χ2v) is 5.15. The van der Waals surface area contributed by atoms with Gasteiger partial charge in [-0.15, -0.1) is 0 Å². The fourth-order valence-electron chi connectivity index (χ4n) is 2.33. The van der Waals surface area contributed by atoms with Gasteiger partial charge >= 0.3 is 0 Å². The molecule has 110 valence electrons. The third-order valence-electron chi connectivity index (χ3n) is 3.56. The van der Waals surface area contributed by atoms with Crippen LogP contribution in [0.25, 0.3) is 0 Å². The van der Waals surface area contributed by atoms with Gasteiger partial charge in [-0.05, 0) is 5.56 Å². The summed E-state index contributed by atoms with van der Waals surface area (Å²) in [6.07, 6.45) is 0.625. The number of ether oxygens (including phenoxy) is 1. The standard InChI is InChI=1S/C14H21N3O3/c15-13(17-19)12(11-4-2-1-3-5-11)8-16-9-14(18)6-7-20-10-14/h1-5,12,16,18-19H,6-10H2,(H2,15,17). The number of hydrogen-bond acceptors (Lipinski definition) is 5. The highest BCUT2D eigenvalue weighted by atomic mass is 16.5. The van der Waals surface area contributed by atoms with E-state index >= 15 is 0 Å². The average Bonchev–Trinajstić information content (AvgIpc) is 2.91. The molecule has 0 amide bonds. The summed E-state index contributed by atoms with van der Waals surface area (Å²) < 4.78 is 5.19. The number of oxime groups is 1. The lowest BCUT2D eigenvalue weighted by atomic mass is 9.97. The summed E-state index contributed by atoms with van der Waals surface area (Å²) in [6, 6.07) is 9.59. The number of rotatable bonds is 6. The first kappa shape index (κ1) is 14.8. The average molecular weight is 279 g/mol. The molecular weight excluding hydrogens is 258 g/mol. The SMILES string of the molecule is N/C(=N/O)C(CNCC1(O)CCOC1)c1ccccc1. The van der Waals surface area contributed by atoms with Gasteiger partial charge in [0.05, 0.1) is 12.5 Å². The van der Waals surface area contributed by atoms with Crippen LogP contribution in [0.4, 0.5) is 0 Å². The molecule has 20 heavy (non-hydrogen) atoms. The highest BCUT2D eigenvalue weighted by molar-refractivity contribution is 5.87. The maximum Gasteiger partial charge on any atom is 0.147 e. The zero-order chi connectivity index (χ0) is 14.4. The van der Waals surface area contributed by atoms with Gasteiger partial charge < -0.3 is 26.1 Å². The largest absolute Gasteiger partial charge is 0.409 e. The van der Waals surface area contributed by atoms with Crippen molar-refractivity contribution in [2.45, 2.75) is 17.9 Å². The summed E-state index contributed by atoms with van der Waals surface area (Å²) in [5, 5.41) is 25.3. The molecule has 2 atom stereocenters. The van der Waals surface area contributed by atoms with Crippen LogP contribution in [0.1, 0.15) is 17.9 Å². The Balaban J connectivity index is 1.95. The number of nitrogens with zero attached hydrogens (tertiary/aromatic N) is 1. The van der Waals surface area contributed by atoms with Crippen molar-refractivity contribution in [1.82, 2.24) is 5.32 Å². The number of hydrogen-bond donors (Lipinski definition) is 4.